The zero-order chi connectivity index (χ0) is 23.1. The summed E-state index contributed by atoms with van der Waals surface area (Å²) in [5.74, 6) is -3.79. The van der Waals surface area contributed by atoms with Gasteiger partial charge in [-0.1, -0.05) is 13.0 Å². The summed E-state index contributed by atoms with van der Waals surface area (Å²) in [4.78, 5) is 26.3. The van der Waals surface area contributed by atoms with Gasteiger partial charge in [0.15, 0.2) is 11.6 Å². The largest absolute Gasteiger partial charge is 0.457 e. The molecule has 0 aromatic heterocycles. The van der Waals surface area contributed by atoms with Gasteiger partial charge in [0.1, 0.15) is 51.9 Å². The SMILES string of the molecule is CCc1ccc(Oc2cc(F)c(C#N)c(F)c2)cc1C1C(=O)C(C)(C)OC(C)(C)C1=O. The number of ether oxygens (including phenoxy) is 2. The molecule has 31 heavy (non-hydrogen) atoms. The van der Waals surface area contributed by atoms with Crippen molar-refractivity contribution in [2.75, 3.05) is 0 Å². The minimum Gasteiger partial charge on any atom is -0.457 e. The zero-order valence-corrected chi connectivity index (χ0v) is 18.0. The van der Waals surface area contributed by atoms with Gasteiger partial charge >= 0.3 is 0 Å². The minimum atomic E-state index is -1.16. The van der Waals surface area contributed by atoms with E-state index < -0.39 is 34.3 Å². The summed E-state index contributed by atoms with van der Waals surface area (Å²) in [5, 5.41) is 8.81. The summed E-state index contributed by atoms with van der Waals surface area (Å²) in [6.45, 7) is 8.42. The normalized spacial score (nSPS) is 18.0. The number of Topliss-reactive ketones (excluding diaryl/α,β-unsaturated/α-hetero) is 2. The molecule has 7 heteroatoms. The molecule has 162 valence electrons. The van der Waals surface area contributed by atoms with Gasteiger partial charge in [-0.25, -0.2) is 8.78 Å². The van der Waals surface area contributed by atoms with Crippen LogP contribution < -0.4 is 4.74 Å². The molecule has 0 spiro atoms. The van der Waals surface area contributed by atoms with E-state index in [1.807, 2.05) is 6.92 Å². The molecule has 0 N–H and O–H groups in total. The van der Waals surface area contributed by atoms with Crippen LogP contribution in [0.25, 0.3) is 0 Å². The molecule has 1 aliphatic rings. The number of aryl methyl sites for hydroxylation is 1. The molecule has 3 rings (SSSR count). The molecule has 0 amide bonds. The second-order valence-electron chi connectivity index (χ2n) is 8.47. The lowest BCUT2D eigenvalue weighted by Gasteiger charge is -2.43. The van der Waals surface area contributed by atoms with Crippen LogP contribution in [0.5, 0.6) is 11.5 Å². The predicted octanol–water partition coefficient (Wildman–Crippen LogP) is 5.00. The fraction of sp³-hybridized carbons (Fsp3) is 0.375. The Bertz CT molecular complexity index is 1070. The summed E-state index contributed by atoms with van der Waals surface area (Å²) in [6, 6.07) is 8.14. The third-order valence-corrected chi connectivity index (χ3v) is 5.39. The quantitative estimate of drug-likeness (QED) is 0.642. The Balaban J connectivity index is 2.07. The van der Waals surface area contributed by atoms with Gasteiger partial charge < -0.3 is 9.47 Å². The fourth-order valence-electron chi connectivity index (χ4n) is 3.91. The Morgan fingerprint density at radius 1 is 1.00 bits per heavy atom. The van der Waals surface area contributed by atoms with Crippen LogP contribution in [0, 0.1) is 23.0 Å². The van der Waals surface area contributed by atoms with Gasteiger partial charge in [0, 0.05) is 12.1 Å². The highest BCUT2D eigenvalue weighted by atomic mass is 19.1. The van der Waals surface area contributed by atoms with Crippen LogP contribution in [0.2, 0.25) is 0 Å². The summed E-state index contributed by atoms with van der Waals surface area (Å²) in [6.07, 6.45) is 0.564. The summed E-state index contributed by atoms with van der Waals surface area (Å²) >= 11 is 0. The number of hydrogen-bond donors (Lipinski definition) is 0. The Hall–Kier alpha value is -3.11. The third-order valence-electron chi connectivity index (χ3n) is 5.39. The number of nitrogens with zero attached hydrogens (tertiary/aromatic N) is 1. The lowest BCUT2D eigenvalue weighted by molar-refractivity contribution is -0.184. The first-order chi connectivity index (χ1) is 14.4. The molecule has 0 bridgehead atoms. The molecule has 1 fully saturated rings. The van der Waals surface area contributed by atoms with Crippen molar-refractivity contribution in [3.8, 4) is 17.6 Å². The van der Waals surface area contributed by atoms with Crippen LogP contribution in [-0.4, -0.2) is 22.8 Å². The van der Waals surface area contributed by atoms with Crippen molar-refractivity contribution in [1.82, 2.24) is 0 Å². The van der Waals surface area contributed by atoms with Crippen molar-refractivity contribution in [2.24, 2.45) is 0 Å². The molecule has 0 atom stereocenters. The van der Waals surface area contributed by atoms with E-state index in [9.17, 15) is 18.4 Å². The second kappa shape index (κ2) is 7.86. The number of carbonyl (C=O) groups is 2. The number of rotatable bonds is 4. The second-order valence-corrected chi connectivity index (χ2v) is 8.47. The summed E-state index contributed by atoms with van der Waals surface area (Å²) < 4.78 is 39.2. The molecule has 5 nitrogen and oxygen atoms in total. The van der Waals surface area contributed by atoms with E-state index >= 15 is 0 Å². The average molecular weight is 427 g/mol. The highest BCUT2D eigenvalue weighted by Crippen LogP contribution is 2.41. The number of halogens is 2. The third kappa shape index (κ3) is 4.08. The first-order valence-corrected chi connectivity index (χ1v) is 9.90. The van der Waals surface area contributed by atoms with Gasteiger partial charge in [-0.05, 0) is 57.4 Å². The topological polar surface area (TPSA) is 76.4 Å². The van der Waals surface area contributed by atoms with Gasteiger partial charge in [-0.2, -0.15) is 5.26 Å². The van der Waals surface area contributed by atoms with Gasteiger partial charge in [0.2, 0.25) is 0 Å². The van der Waals surface area contributed by atoms with E-state index in [1.165, 1.54) is 6.07 Å². The molecule has 2 aromatic carbocycles. The van der Waals surface area contributed by atoms with Crippen LogP contribution in [0.3, 0.4) is 0 Å². The van der Waals surface area contributed by atoms with Gasteiger partial charge in [0.05, 0.1) is 0 Å². The monoisotopic (exact) mass is 427 g/mol. The molecule has 0 saturated carbocycles. The van der Waals surface area contributed by atoms with Crippen LogP contribution in [0.15, 0.2) is 30.3 Å². The number of carbonyl (C=O) groups excluding carboxylic acids is 2. The molecule has 2 aromatic rings. The van der Waals surface area contributed by atoms with E-state index in [1.54, 1.807) is 45.9 Å². The van der Waals surface area contributed by atoms with E-state index in [4.69, 9.17) is 14.7 Å². The lowest BCUT2D eigenvalue weighted by atomic mass is 9.73. The number of hydrogen-bond acceptors (Lipinski definition) is 5. The van der Waals surface area contributed by atoms with E-state index in [-0.39, 0.29) is 23.1 Å². The molecule has 1 saturated heterocycles. The molecule has 1 heterocycles. The van der Waals surface area contributed by atoms with Crippen molar-refractivity contribution >= 4 is 11.6 Å². The molecule has 0 radical (unpaired) electrons. The maximum absolute atomic E-state index is 13.9. The predicted molar refractivity (Wildman–Crippen MR) is 109 cm³/mol. The van der Waals surface area contributed by atoms with Crippen molar-refractivity contribution in [3.63, 3.8) is 0 Å². The summed E-state index contributed by atoms with van der Waals surface area (Å²) in [5.41, 5.74) is -1.76. The van der Waals surface area contributed by atoms with E-state index in [0.717, 1.165) is 17.7 Å². The average Bonchev–Trinajstić information content (AvgIpc) is 2.66. The summed E-state index contributed by atoms with van der Waals surface area (Å²) in [7, 11) is 0. The van der Waals surface area contributed by atoms with Gasteiger partial charge in [0.25, 0.3) is 0 Å². The lowest BCUT2D eigenvalue weighted by Crippen LogP contribution is -2.58. The zero-order valence-electron chi connectivity index (χ0n) is 18.0. The van der Waals surface area contributed by atoms with Crippen LogP contribution in [0.1, 0.15) is 57.2 Å². The Labute approximate surface area is 179 Å². The maximum Gasteiger partial charge on any atom is 0.179 e. The van der Waals surface area contributed by atoms with Gasteiger partial charge in [-0.3, -0.25) is 9.59 Å². The molecule has 1 aliphatic heterocycles. The van der Waals surface area contributed by atoms with Crippen molar-refractivity contribution in [2.45, 2.75) is 58.2 Å². The maximum atomic E-state index is 13.9. The minimum absolute atomic E-state index is 0.144. The first-order valence-electron chi connectivity index (χ1n) is 9.90. The van der Waals surface area contributed by atoms with Crippen molar-refractivity contribution < 1.29 is 27.8 Å². The Kier molecular flexibility index (Phi) is 5.72. The fourth-order valence-corrected chi connectivity index (χ4v) is 3.91. The van der Waals surface area contributed by atoms with Crippen molar-refractivity contribution in [3.05, 3.63) is 58.7 Å². The molecular weight excluding hydrogens is 404 g/mol. The number of nitriles is 1. The van der Waals surface area contributed by atoms with E-state index in [2.05, 4.69) is 0 Å². The highest BCUT2D eigenvalue weighted by molar-refractivity contribution is 6.15. The number of benzene rings is 2. The van der Waals surface area contributed by atoms with E-state index in [0.29, 0.717) is 12.0 Å². The standard InChI is InChI=1S/C24H23F2NO4/c1-6-13-7-8-14(30-15-10-18(25)17(12-27)19(26)11-15)9-16(13)20-21(28)23(2,3)31-24(4,5)22(20)29/h7-11,20H,6H2,1-5H3. The Morgan fingerprint density at radius 2 is 1.55 bits per heavy atom. The number of ketones is 2. The first kappa shape index (κ1) is 22.6. The van der Waals surface area contributed by atoms with Crippen LogP contribution >= 0.6 is 0 Å². The van der Waals surface area contributed by atoms with Crippen molar-refractivity contribution in [1.29, 1.82) is 5.26 Å². The van der Waals surface area contributed by atoms with Crippen LogP contribution in [-0.2, 0) is 20.7 Å². The molecule has 0 unspecified atom stereocenters. The Morgan fingerprint density at radius 3 is 2.03 bits per heavy atom. The molecule has 0 aliphatic carbocycles. The van der Waals surface area contributed by atoms with Crippen LogP contribution in [0.4, 0.5) is 8.78 Å². The van der Waals surface area contributed by atoms with Gasteiger partial charge in [-0.15, -0.1) is 0 Å². The highest BCUT2D eigenvalue weighted by Gasteiger charge is 2.53. The molecular formula is C24H23F2NO4. The smallest absolute Gasteiger partial charge is 0.179 e.